The van der Waals surface area contributed by atoms with Crippen LogP contribution in [0.5, 0.6) is 0 Å². The highest BCUT2D eigenvalue weighted by molar-refractivity contribution is 4.92. The van der Waals surface area contributed by atoms with Crippen molar-refractivity contribution in [3.05, 3.63) is 11.9 Å². The largest absolute Gasteiger partial charge is 0.252 e. The van der Waals surface area contributed by atoms with Crippen LogP contribution in [0.3, 0.4) is 0 Å². The molecule has 0 radical (unpaired) electrons. The summed E-state index contributed by atoms with van der Waals surface area (Å²) in [5.41, 5.74) is 1.16. The van der Waals surface area contributed by atoms with Gasteiger partial charge in [0.2, 0.25) is 0 Å². The van der Waals surface area contributed by atoms with Gasteiger partial charge in [0.25, 0.3) is 0 Å². The van der Waals surface area contributed by atoms with Crippen LogP contribution in [0.15, 0.2) is 6.20 Å². The van der Waals surface area contributed by atoms with Gasteiger partial charge in [-0.05, 0) is 25.2 Å². The van der Waals surface area contributed by atoms with Crippen LogP contribution >= 0.6 is 0 Å². The van der Waals surface area contributed by atoms with Crippen molar-refractivity contribution < 1.29 is 0 Å². The fraction of sp³-hybridized carbons (Fsp3) is 0.889. The van der Waals surface area contributed by atoms with Crippen LogP contribution in [0, 0.1) is 5.92 Å². The summed E-state index contributed by atoms with van der Waals surface area (Å²) in [6.45, 7) is 15.7. The second-order valence-corrected chi connectivity index (χ2v) is 5.32. The topological polar surface area (TPSA) is 30.7 Å². The van der Waals surface area contributed by atoms with Crippen molar-refractivity contribution in [3.63, 3.8) is 0 Å². The predicted molar refractivity (Wildman–Crippen MR) is 94.6 cm³/mol. The summed E-state index contributed by atoms with van der Waals surface area (Å²) in [7, 11) is 0. The van der Waals surface area contributed by atoms with Gasteiger partial charge in [0.15, 0.2) is 0 Å². The van der Waals surface area contributed by atoms with E-state index in [0.29, 0.717) is 0 Å². The summed E-state index contributed by atoms with van der Waals surface area (Å²) in [6.07, 6.45) is 11.0. The molecule has 0 aliphatic heterocycles. The molecule has 0 N–H and O–H groups in total. The Balaban J connectivity index is 0. The van der Waals surface area contributed by atoms with Crippen molar-refractivity contribution in [1.29, 1.82) is 0 Å². The molecule has 1 aromatic rings. The Labute approximate surface area is 133 Å². The molecule has 3 heteroatoms. The zero-order valence-corrected chi connectivity index (χ0v) is 15.7. The predicted octanol–water partition coefficient (Wildman–Crippen LogP) is 5.89. The molecule has 0 saturated heterocycles. The van der Waals surface area contributed by atoms with E-state index in [9.17, 15) is 0 Å². The molecule has 0 bridgehead atoms. The minimum Gasteiger partial charge on any atom is -0.252 e. The van der Waals surface area contributed by atoms with Gasteiger partial charge < -0.3 is 0 Å². The number of aromatic nitrogens is 3. The van der Waals surface area contributed by atoms with E-state index in [1.807, 2.05) is 32.4 Å². The molecule has 1 heterocycles. The Kier molecular flexibility index (Phi) is 18.4. The van der Waals surface area contributed by atoms with Gasteiger partial charge in [0, 0.05) is 12.7 Å². The van der Waals surface area contributed by atoms with Crippen LogP contribution in [-0.4, -0.2) is 15.0 Å². The summed E-state index contributed by atoms with van der Waals surface area (Å²) < 4.78 is 1.99. The minimum atomic E-state index is 0.733. The lowest BCUT2D eigenvalue weighted by Gasteiger charge is -2.02. The van der Waals surface area contributed by atoms with Gasteiger partial charge in [-0.3, -0.25) is 4.68 Å². The molecule has 0 aliphatic carbocycles. The second kappa shape index (κ2) is 17.2. The van der Waals surface area contributed by atoms with Gasteiger partial charge in [-0.25, -0.2) is 0 Å². The highest BCUT2D eigenvalue weighted by Gasteiger charge is 2.01. The maximum absolute atomic E-state index is 4.22. The molecule has 0 fully saturated rings. The van der Waals surface area contributed by atoms with Crippen molar-refractivity contribution in [2.24, 2.45) is 5.92 Å². The Morgan fingerprint density at radius 1 is 1.00 bits per heavy atom. The summed E-state index contributed by atoms with van der Waals surface area (Å²) in [5.74, 6) is 0.733. The molecular weight excluding hydrogens is 258 g/mol. The van der Waals surface area contributed by atoms with Crippen LogP contribution in [0.25, 0.3) is 0 Å². The lowest BCUT2D eigenvalue weighted by atomic mass is 10.1. The van der Waals surface area contributed by atoms with Crippen molar-refractivity contribution in [2.75, 3.05) is 0 Å². The van der Waals surface area contributed by atoms with Gasteiger partial charge in [-0.1, -0.05) is 79.4 Å². The van der Waals surface area contributed by atoms with Gasteiger partial charge in [-0.2, -0.15) is 0 Å². The number of nitrogens with zero attached hydrogens (tertiary/aromatic N) is 3. The third-order valence-corrected chi connectivity index (χ3v) is 3.06. The monoisotopic (exact) mass is 297 g/mol. The maximum atomic E-state index is 4.22. The van der Waals surface area contributed by atoms with Crippen LogP contribution in [0.2, 0.25) is 0 Å². The molecule has 126 valence electrons. The zero-order chi connectivity index (χ0) is 16.5. The zero-order valence-electron chi connectivity index (χ0n) is 15.7. The maximum Gasteiger partial charge on any atom is 0.0827 e. The van der Waals surface area contributed by atoms with Crippen LogP contribution in [-0.2, 0) is 13.0 Å². The first-order chi connectivity index (χ1) is 10.2. The van der Waals surface area contributed by atoms with Gasteiger partial charge in [0.1, 0.15) is 0 Å². The molecule has 21 heavy (non-hydrogen) atoms. The standard InChI is InChI=1S/C14H27N3.2C2H6/c1-4-5-6-7-8-9-14-12-17(16-15-14)11-10-13(2)3;2*1-2/h12-13H,4-11H2,1-3H3;2*1-2H3. The molecule has 0 aliphatic rings. The van der Waals surface area contributed by atoms with Crippen LogP contribution < -0.4 is 0 Å². The van der Waals surface area contributed by atoms with E-state index in [-0.39, 0.29) is 0 Å². The first-order valence-electron chi connectivity index (χ1n) is 9.11. The van der Waals surface area contributed by atoms with E-state index < -0.39 is 0 Å². The first kappa shape index (κ1) is 22.4. The Morgan fingerprint density at radius 3 is 2.19 bits per heavy atom. The summed E-state index contributed by atoms with van der Waals surface area (Å²) in [4.78, 5) is 0. The number of rotatable bonds is 9. The van der Waals surface area contributed by atoms with Gasteiger partial charge >= 0.3 is 0 Å². The number of hydrogen-bond acceptors (Lipinski definition) is 2. The number of unbranched alkanes of at least 4 members (excludes halogenated alkanes) is 4. The fourth-order valence-electron chi connectivity index (χ4n) is 1.86. The van der Waals surface area contributed by atoms with Crippen LogP contribution in [0.1, 0.15) is 92.7 Å². The molecule has 0 saturated carbocycles. The lowest BCUT2D eigenvalue weighted by molar-refractivity contribution is 0.478. The third-order valence-electron chi connectivity index (χ3n) is 3.06. The lowest BCUT2D eigenvalue weighted by Crippen LogP contribution is -2.01. The minimum absolute atomic E-state index is 0.733. The molecule has 1 rings (SSSR count). The van der Waals surface area contributed by atoms with E-state index in [0.717, 1.165) is 24.6 Å². The van der Waals surface area contributed by atoms with Crippen molar-refractivity contribution in [1.82, 2.24) is 15.0 Å². The number of hydrogen-bond donors (Lipinski definition) is 0. The normalized spacial score (nSPS) is 9.71. The third kappa shape index (κ3) is 13.9. The van der Waals surface area contributed by atoms with E-state index in [1.165, 1.54) is 38.5 Å². The van der Waals surface area contributed by atoms with E-state index >= 15 is 0 Å². The van der Waals surface area contributed by atoms with Crippen LogP contribution in [0.4, 0.5) is 0 Å². The molecule has 0 amide bonds. The van der Waals surface area contributed by atoms with Crippen molar-refractivity contribution in [2.45, 2.75) is 100.0 Å². The average molecular weight is 298 g/mol. The van der Waals surface area contributed by atoms with E-state index in [2.05, 4.69) is 37.3 Å². The molecule has 0 aromatic carbocycles. The van der Waals surface area contributed by atoms with Gasteiger partial charge in [-0.15, -0.1) is 5.10 Å². The molecule has 0 unspecified atom stereocenters. The van der Waals surface area contributed by atoms with Crippen molar-refractivity contribution >= 4 is 0 Å². The Morgan fingerprint density at radius 2 is 1.62 bits per heavy atom. The molecular formula is C18H39N3. The quantitative estimate of drug-likeness (QED) is 0.532. The second-order valence-electron chi connectivity index (χ2n) is 5.32. The summed E-state index contributed by atoms with van der Waals surface area (Å²) in [6, 6.07) is 0. The summed E-state index contributed by atoms with van der Waals surface area (Å²) >= 11 is 0. The van der Waals surface area contributed by atoms with E-state index in [1.54, 1.807) is 0 Å². The first-order valence-corrected chi connectivity index (χ1v) is 9.11. The fourth-order valence-corrected chi connectivity index (χ4v) is 1.86. The molecule has 3 nitrogen and oxygen atoms in total. The molecule has 0 atom stereocenters. The molecule has 0 spiro atoms. The highest BCUT2D eigenvalue weighted by Crippen LogP contribution is 2.07. The smallest absolute Gasteiger partial charge is 0.0827 e. The summed E-state index contributed by atoms with van der Waals surface area (Å²) in [5, 5.41) is 8.39. The molecule has 1 aromatic heterocycles. The van der Waals surface area contributed by atoms with E-state index in [4.69, 9.17) is 0 Å². The Bertz CT molecular complexity index is 292. The average Bonchev–Trinajstić information content (AvgIpc) is 2.97. The number of aryl methyl sites for hydroxylation is 2. The Hall–Kier alpha value is -0.860. The van der Waals surface area contributed by atoms with Gasteiger partial charge in [0.05, 0.1) is 5.69 Å². The SMILES string of the molecule is CC.CC.CCCCCCCc1cn(CCC(C)C)nn1. The highest BCUT2D eigenvalue weighted by atomic mass is 15.4. The van der Waals surface area contributed by atoms with Crippen molar-refractivity contribution in [3.8, 4) is 0 Å².